The summed E-state index contributed by atoms with van der Waals surface area (Å²) < 4.78 is 11.9. The molecule has 25 heavy (non-hydrogen) atoms. The van der Waals surface area contributed by atoms with E-state index in [1.54, 1.807) is 0 Å². The standard InChI is InChI=1S/C20H24INO3/c1-3-24-9-10-25-14-17-6-4-5-16(11-17)13-22-20(23)18-8-7-15(2)19(21)12-18/h4-8,11-12H,3,9-10,13-14H2,1-2H3,(H,22,23). The Bertz CT molecular complexity index is 703. The van der Waals surface area contributed by atoms with Crippen LogP contribution in [0.5, 0.6) is 0 Å². The fourth-order valence-corrected chi connectivity index (χ4v) is 2.82. The van der Waals surface area contributed by atoms with Crippen molar-refractivity contribution in [1.29, 1.82) is 0 Å². The Kier molecular flexibility index (Phi) is 8.37. The van der Waals surface area contributed by atoms with Crippen molar-refractivity contribution in [3.8, 4) is 0 Å². The van der Waals surface area contributed by atoms with Crippen LogP contribution in [0.4, 0.5) is 0 Å². The maximum absolute atomic E-state index is 12.3. The summed E-state index contributed by atoms with van der Waals surface area (Å²) in [4.78, 5) is 12.3. The van der Waals surface area contributed by atoms with E-state index in [1.807, 2.05) is 50.2 Å². The van der Waals surface area contributed by atoms with Gasteiger partial charge in [-0.2, -0.15) is 0 Å². The molecule has 0 radical (unpaired) electrons. The first-order valence-corrected chi connectivity index (χ1v) is 9.45. The molecule has 0 saturated heterocycles. The Morgan fingerprint density at radius 1 is 1.08 bits per heavy atom. The number of amides is 1. The molecule has 1 N–H and O–H groups in total. The molecule has 0 fully saturated rings. The molecular formula is C20H24INO3. The minimum absolute atomic E-state index is 0.0590. The van der Waals surface area contributed by atoms with Gasteiger partial charge >= 0.3 is 0 Å². The summed E-state index contributed by atoms with van der Waals surface area (Å²) in [7, 11) is 0. The van der Waals surface area contributed by atoms with E-state index in [0.29, 0.717) is 38.5 Å². The van der Waals surface area contributed by atoms with Crippen molar-refractivity contribution in [3.05, 3.63) is 68.3 Å². The average Bonchev–Trinajstić information content (AvgIpc) is 2.62. The van der Waals surface area contributed by atoms with Crippen LogP contribution in [0.2, 0.25) is 0 Å². The van der Waals surface area contributed by atoms with Crippen LogP contribution in [-0.2, 0) is 22.6 Å². The van der Waals surface area contributed by atoms with E-state index in [-0.39, 0.29) is 5.91 Å². The highest BCUT2D eigenvalue weighted by Crippen LogP contribution is 2.14. The van der Waals surface area contributed by atoms with Crippen LogP contribution in [0.25, 0.3) is 0 Å². The lowest BCUT2D eigenvalue weighted by molar-refractivity contribution is 0.0453. The predicted octanol–water partition coefficient (Wildman–Crippen LogP) is 4.08. The van der Waals surface area contributed by atoms with Crippen LogP contribution in [0.15, 0.2) is 42.5 Å². The number of rotatable bonds is 9. The maximum Gasteiger partial charge on any atom is 0.251 e. The van der Waals surface area contributed by atoms with E-state index in [4.69, 9.17) is 9.47 Å². The first-order valence-electron chi connectivity index (χ1n) is 8.37. The minimum Gasteiger partial charge on any atom is -0.379 e. The summed E-state index contributed by atoms with van der Waals surface area (Å²) in [6, 6.07) is 13.8. The maximum atomic E-state index is 12.3. The molecule has 134 valence electrons. The molecule has 0 atom stereocenters. The number of nitrogens with one attached hydrogen (secondary N) is 1. The molecule has 0 bridgehead atoms. The molecule has 0 heterocycles. The fourth-order valence-electron chi connectivity index (χ4n) is 2.30. The van der Waals surface area contributed by atoms with Gasteiger partial charge in [0, 0.05) is 22.3 Å². The zero-order valence-corrected chi connectivity index (χ0v) is 16.8. The number of carbonyl (C=O) groups is 1. The van der Waals surface area contributed by atoms with Crippen molar-refractivity contribution >= 4 is 28.5 Å². The van der Waals surface area contributed by atoms with Gasteiger partial charge in [-0.3, -0.25) is 4.79 Å². The molecule has 0 saturated carbocycles. The number of aryl methyl sites for hydroxylation is 1. The Labute approximate surface area is 163 Å². The van der Waals surface area contributed by atoms with E-state index < -0.39 is 0 Å². The molecule has 5 heteroatoms. The molecule has 2 rings (SSSR count). The summed E-state index contributed by atoms with van der Waals surface area (Å²) in [5, 5.41) is 2.97. The third-order valence-electron chi connectivity index (χ3n) is 3.72. The second-order valence-corrected chi connectivity index (χ2v) is 6.88. The van der Waals surface area contributed by atoms with Crippen molar-refractivity contribution in [2.45, 2.75) is 27.0 Å². The Morgan fingerprint density at radius 3 is 2.60 bits per heavy atom. The lowest BCUT2D eigenvalue weighted by Gasteiger charge is -2.09. The average molecular weight is 453 g/mol. The number of halogens is 1. The summed E-state index contributed by atoms with van der Waals surface area (Å²) in [5.41, 5.74) is 4.01. The van der Waals surface area contributed by atoms with Crippen LogP contribution in [0, 0.1) is 10.5 Å². The predicted molar refractivity (Wildman–Crippen MR) is 108 cm³/mol. The Morgan fingerprint density at radius 2 is 1.84 bits per heavy atom. The monoisotopic (exact) mass is 453 g/mol. The first-order chi connectivity index (χ1) is 12.1. The molecule has 0 aromatic heterocycles. The highest BCUT2D eigenvalue weighted by molar-refractivity contribution is 14.1. The van der Waals surface area contributed by atoms with Crippen molar-refractivity contribution in [2.24, 2.45) is 0 Å². The van der Waals surface area contributed by atoms with Crippen molar-refractivity contribution in [1.82, 2.24) is 5.32 Å². The highest BCUT2D eigenvalue weighted by atomic mass is 127. The van der Waals surface area contributed by atoms with Crippen LogP contribution >= 0.6 is 22.6 Å². The number of hydrogen-bond donors (Lipinski definition) is 1. The Balaban J connectivity index is 1.84. The van der Waals surface area contributed by atoms with E-state index in [1.165, 1.54) is 5.56 Å². The molecule has 1 amide bonds. The van der Waals surface area contributed by atoms with Gasteiger partial charge in [-0.1, -0.05) is 30.3 Å². The van der Waals surface area contributed by atoms with Gasteiger partial charge in [-0.25, -0.2) is 0 Å². The smallest absolute Gasteiger partial charge is 0.251 e. The van der Waals surface area contributed by atoms with E-state index >= 15 is 0 Å². The lowest BCUT2D eigenvalue weighted by atomic mass is 10.1. The third kappa shape index (κ3) is 6.76. The molecule has 2 aromatic carbocycles. The van der Waals surface area contributed by atoms with Gasteiger partial charge in [0.1, 0.15) is 0 Å². The summed E-state index contributed by atoms with van der Waals surface area (Å²) in [6.45, 7) is 6.95. The normalized spacial score (nSPS) is 10.7. The van der Waals surface area contributed by atoms with Crippen molar-refractivity contribution in [3.63, 3.8) is 0 Å². The van der Waals surface area contributed by atoms with Gasteiger partial charge < -0.3 is 14.8 Å². The van der Waals surface area contributed by atoms with Crippen LogP contribution in [0.3, 0.4) is 0 Å². The molecule has 4 nitrogen and oxygen atoms in total. The molecule has 0 spiro atoms. The molecule has 0 unspecified atom stereocenters. The molecule has 0 aliphatic rings. The second-order valence-electron chi connectivity index (χ2n) is 5.72. The van der Waals surface area contributed by atoms with E-state index in [9.17, 15) is 4.79 Å². The van der Waals surface area contributed by atoms with Gasteiger partial charge in [0.2, 0.25) is 0 Å². The van der Waals surface area contributed by atoms with Gasteiger partial charge in [0.05, 0.1) is 19.8 Å². The van der Waals surface area contributed by atoms with Crippen LogP contribution in [0.1, 0.15) is 34.0 Å². The topological polar surface area (TPSA) is 47.6 Å². The van der Waals surface area contributed by atoms with E-state index in [0.717, 1.165) is 14.7 Å². The SMILES string of the molecule is CCOCCOCc1cccc(CNC(=O)c2ccc(C)c(I)c2)c1. The largest absolute Gasteiger partial charge is 0.379 e. The van der Waals surface area contributed by atoms with Crippen LogP contribution < -0.4 is 5.32 Å². The quantitative estimate of drug-likeness (QED) is 0.460. The zero-order valence-electron chi connectivity index (χ0n) is 14.7. The Hall–Kier alpha value is -1.44. The molecular weight excluding hydrogens is 429 g/mol. The van der Waals surface area contributed by atoms with Crippen LogP contribution in [-0.4, -0.2) is 25.7 Å². The summed E-state index contributed by atoms with van der Waals surface area (Å²) >= 11 is 2.25. The van der Waals surface area contributed by atoms with Crippen molar-refractivity contribution in [2.75, 3.05) is 19.8 Å². The van der Waals surface area contributed by atoms with Gasteiger partial charge in [0.15, 0.2) is 0 Å². The minimum atomic E-state index is -0.0590. The fraction of sp³-hybridized carbons (Fsp3) is 0.350. The molecule has 2 aromatic rings. The van der Waals surface area contributed by atoms with Gasteiger partial charge in [-0.05, 0) is 65.3 Å². The number of ether oxygens (including phenoxy) is 2. The summed E-state index contributed by atoms with van der Waals surface area (Å²) in [6.07, 6.45) is 0. The third-order valence-corrected chi connectivity index (χ3v) is 4.89. The van der Waals surface area contributed by atoms with E-state index in [2.05, 4.69) is 34.0 Å². The molecule has 0 aliphatic carbocycles. The molecule has 0 aliphatic heterocycles. The second kappa shape index (κ2) is 10.5. The number of benzene rings is 2. The van der Waals surface area contributed by atoms with Gasteiger partial charge in [0.25, 0.3) is 5.91 Å². The zero-order chi connectivity index (χ0) is 18.1. The number of hydrogen-bond acceptors (Lipinski definition) is 3. The van der Waals surface area contributed by atoms with Gasteiger partial charge in [-0.15, -0.1) is 0 Å². The highest BCUT2D eigenvalue weighted by Gasteiger charge is 2.07. The van der Waals surface area contributed by atoms with Crippen molar-refractivity contribution < 1.29 is 14.3 Å². The lowest BCUT2D eigenvalue weighted by Crippen LogP contribution is -2.23. The first kappa shape index (κ1) is 19.9. The number of carbonyl (C=O) groups excluding carboxylic acids is 1. The summed E-state index contributed by atoms with van der Waals surface area (Å²) in [5.74, 6) is -0.0590.